The fourth-order valence-corrected chi connectivity index (χ4v) is 2.05. The fourth-order valence-electron chi connectivity index (χ4n) is 1.22. The molecule has 1 rings (SSSR count). The third-order valence-electron chi connectivity index (χ3n) is 2.29. The predicted octanol–water partition coefficient (Wildman–Crippen LogP) is 0.401. The van der Waals surface area contributed by atoms with Crippen molar-refractivity contribution in [3.8, 4) is 0 Å². The first-order valence-electron chi connectivity index (χ1n) is 5.30. The molecule has 0 spiro atoms. The summed E-state index contributed by atoms with van der Waals surface area (Å²) >= 11 is 1.28. The van der Waals surface area contributed by atoms with E-state index in [1.165, 1.54) is 11.3 Å². The van der Waals surface area contributed by atoms with Crippen LogP contribution in [0.3, 0.4) is 0 Å². The van der Waals surface area contributed by atoms with Crippen LogP contribution >= 0.6 is 11.3 Å². The van der Waals surface area contributed by atoms with Crippen LogP contribution in [-0.4, -0.2) is 62.0 Å². The molecule has 6 nitrogen and oxygen atoms in total. The zero-order valence-electron chi connectivity index (χ0n) is 10.6. The monoisotopic (exact) mass is 257 g/mol. The van der Waals surface area contributed by atoms with Gasteiger partial charge in [-0.2, -0.15) is 0 Å². The summed E-state index contributed by atoms with van der Waals surface area (Å²) in [5, 5.41) is 3.54. The van der Waals surface area contributed by atoms with E-state index in [1.54, 1.807) is 19.0 Å². The van der Waals surface area contributed by atoms with Crippen LogP contribution in [0.5, 0.6) is 0 Å². The molecule has 0 radical (unpaired) electrons. The molecule has 0 aromatic carbocycles. The van der Waals surface area contributed by atoms with Gasteiger partial charge in [0, 0.05) is 27.2 Å². The Morgan fingerprint density at radius 2 is 2.06 bits per heavy atom. The molecule has 1 aromatic rings. The summed E-state index contributed by atoms with van der Waals surface area (Å²) in [7, 11) is 7.46. The van der Waals surface area contributed by atoms with Crippen LogP contribution in [0.1, 0.15) is 9.67 Å². The minimum atomic E-state index is -0.0802. The van der Waals surface area contributed by atoms with Crippen LogP contribution in [0, 0.1) is 0 Å². The summed E-state index contributed by atoms with van der Waals surface area (Å²) in [6.07, 6.45) is 0. The number of anilines is 2. The number of hydrogen-bond donors (Lipinski definition) is 2. The Kier molecular flexibility index (Phi) is 4.71. The number of nitrogens with two attached hydrogens (primary N) is 1. The lowest BCUT2D eigenvalue weighted by molar-refractivity contribution is 0.0792. The lowest BCUT2D eigenvalue weighted by Gasteiger charge is -2.18. The SMILES string of the molecule is CNc1nc(N)c(C(=O)N(C)CCN(C)C)s1. The zero-order valence-corrected chi connectivity index (χ0v) is 11.5. The highest BCUT2D eigenvalue weighted by molar-refractivity contribution is 7.18. The average Bonchev–Trinajstić information content (AvgIpc) is 2.66. The number of nitrogen functional groups attached to an aromatic ring is 1. The molecule has 96 valence electrons. The van der Waals surface area contributed by atoms with Crippen LogP contribution < -0.4 is 11.1 Å². The molecule has 3 N–H and O–H groups in total. The molecule has 0 aliphatic rings. The molecule has 0 aliphatic heterocycles. The van der Waals surface area contributed by atoms with Crippen molar-refractivity contribution in [2.75, 3.05) is 52.3 Å². The highest BCUT2D eigenvalue weighted by Gasteiger charge is 2.19. The Balaban J connectivity index is 2.70. The third-order valence-corrected chi connectivity index (χ3v) is 3.37. The van der Waals surface area contributed by atoms with E-state index in [0.717, 1.165) is 6.54 Å². The van der Waals surface area contributed by atoms with Gasteiger partial charge in [-0.05, 0) is 14.1 Å². The molecule has 0 atom stereocenters. The van der Waals surface area contributed by atoms with Gasteiger partial charge >= 0.3 is 0 Å². The number of rotatable bonds is 5. The highest BCUT2D eigenvalue weighted by atomic mass is 32.1. The molecular weight excluding hydrogens is 238 g/mol. The summed E-state index contributed by atoms with van der Waals surface area (Å²) in [6.45, 7) is 1.48. The number of nitrogens with one attached hydrogen (secondary N) is 1. The molecule has 0 fully saturated rings. The average molecular weight is 257 g/mol. The third kappa shape index (κ3) is 3.57. The number of thiazole rings is 1. The van der Waals surface area contributed by atoms with Gasteiger partial charge < -0.3 is 20.9 Å². The standard InChI is InChI=1S/C10H19N5OS/c1-12-10-13-8(11)7(17-10)9(16)15(4)6-5-14(2)3/h5-6,11H2,1-4H3,(H,12,13). The van der Waals surface area contributed by atoms with Gasteiger partial charge in [0.15, 0.2) is 5.13 Å². The molecule has 0 bridgehead atoms. The van der Waals surface area contributed by atoms with Gasteiger partial charge in [-0.15, -0.1) is 0 Å². The lowest BCUT2D eigenvalue weighted by Crippen LogP contribution is -2.33. The van der Waals surface area contributed by atoms with Crippen molar-refractivity contribution in [1.29, 1.82) is 0 Å². The quantitative estimate of drug-likeness (QED) is 0.798. The molecule has 0 saturated heterocycles. The maximum atomic E-state index is 12.1. The number of carbonyl (C=O) groups excluding carboxylic acids is 1. The number of carbonyl (C=O) groups is 1. The van der Waals surface area contributed by atoms with Gasteiger partial charge in [0.25, 0.3) is 5.91 Å². The number of amides is 1. The van der Waals surface area contributed by atoms with Crippen LogP contribution in [0.15, 0.2) is 0 Å². The van der Waals surface area contributed by atoms with Gasteiger partial charge in [-0.25, -0.2) is 4.98 Å². The van der Waals surface area contributed by atoms with E-state index in [2.05, 4.69) is 10.3 Å². The highest BCUT2D eigenvalue weighted by Crippen LogP contribution is 2.25. The molecule has 1 aromatic heterocycles. The number of hydrogen-bond acceptors (Lipinski definition) is 6. The second-order valence-electron chi connectivity index (χ2n) is 4.01. The molecule has 1 amide bonds. The summed E-state index contributed by atoms with van der Waals surface area (Å²) in [5.41, 5.74) is 5.71. The molecule has 0 saturated carbocycles. The number of aromatic nitrogens is 1. The smallest absolute Gasteiger partial charge is 0.267 e. The van der Waals surface area contributed by atoms with E-state index in [4.69, 9.17) is 5.73 Å². The van der Waals surface area contributed by atoms with Crippen molar-refractivity contribution in [2.24, 2.45) is 0 Å². The molecule has 0 unspecified atom stereocenters. The lowest BCUT2D eigenvalue weighted by atomic mass is 10.4. The van der Waals surface area contributed by atoms with E-state index in [-0.39, 0.29) is 5.91 Å². The van der Waals surface area contributed by atoms with Crippen molar-refractivity contribution in [1.82, 2.24) is 14.8 Å². The molecule has 0 aliphatic carbocycles. The van der Waals surface area contributed by atoms with E-state index in [9.17, 15) is 4.79 Å². The van der Waals surface area contributed by atoms with E-state index < -0.39 is 0 Å². The topological polar surface area (TPSA) is 74.5 Å². The van der Waals surface area contributed by atoms with Gasteiger partial charge in [0.2, 0.25) is 0 Å². The summed E-state index contributed by atoms with van der Waals surface area (Å²) in [6, 6.07) is 0. The Morgan fingerprint density at radius 1 is 1.41 bits per heavy atom. The maximum absolute atomic E-state index is 12.1. The van der Waals surface area contributed by atoms with Gasteiger partial charge in [0.1, 0.15) is 10.7 Å². The first-order valence-corrected chi connectivity index (χ1v) is 6.11. The van der Waals surface area contributed by atoms with Crippen LogP contribution in [-0.2, 0) is 0 Å². The zero-order chi connectivity index (χ0) is 13.0. The van der Waals surface area contributed by atoms with Crippen LogP contribution in [0.4, 0.5) is 10.9 Å². The van der Waals surface area contributed by atoms with E-state index in [1.807, 2.05) is 19.0 Å². The second-order valence-corrected chi connectivity index (χ2v) is 5.01. The first-order chi connectivity index (χ1) is 7.95. The summed E-state index contributed by atoms with van der Waals surface area (Å²) in [5.74, 6) is 0.212. The fraction of sp³-hybridized carbons (Fsp3) is 0.600. The number of nitrogens with zero attached hydrogens (tertiary/aromatic N) is 3. The Bertz CT molecular complexity index is 390. The summed E-state index contributed by atoms with van der Waals surface area (Å²) in [4.78, 5) is 20.3. The molecule has 7 heteroatoms. The van der Waals surface area contributed by atoms with Crippen molar-refractivity contribution in [3.63, 3.8) is 0 Å². The Morgan fingerprint density at radius 3 is 2.53 bits per heavy atom. The maximum Gasteiger partial charge on any atom is 0.267 e. The molecular formula is C10H19N5OS. The predicted molar refractivity (Wildman–Crippen MR) is 71.6 cm³/mol. The molecule has 17 heavy (non-hydrogen) atoms. The first kappa shape index (κ1) is 13.7. The Labute approximate surface area is 105 Å². The van der Waals surface area contributed by atoms with Gasteiger partial charge in [0.05, 0.1) is 0 Å². The minimum absolute atomic E-state index is 0.0802. The number of likely N-dealkylation sites (N-methyl/N-ethyl adjacent to an activating group) is 2. The van der Waals surface area contributed by atoms with E-state index in [0.29, 0.717) is 22.4 Å². The van der Waals surface area contributed by atoms with Crippen LogP contribution in [0.25, 0.3) is 0 Å². The van der Waals surface area contributed by atoms with E-state index >= 15 is 0 Å². The van der Waals surface area contributed by atoms with Gasteiger partial charge in [-0.3, -0.25) is 4.79 Å². The summed E-state index contributed by atoms with van der Waals surface area (Å²) < 4.78 is 0. The van der Waals surface area contributed by atoms with Crippen molar-refractivity contribution in [3.05, 3.63) is 4.88 Å². The van der Waals surface area contributed by atoms with Crippen molar-refractivity contribution < 1.29 is 4.79 Å². The van der Waals surface area contributed by atoms with Crippen molar-refractivity contribution >= 4 is 28.2 Å². The van der Waals surface area contributed by atoms with Crippen molar-refractivity contribution in [2.45, 2.75) is 0 Å². The second kappa shape index (κ2) is 5.83. The Hall–Kier alpha value is -1.34. The van der Waals surface area contributed by atoms with Crippen LogP contribution in [0.2, 0.25) is 0 Å². The molecule has 1 heterocycles. The largest absolute Gasteiger partial charge is 0.382 e. The minimum Gasteiger partial charge on any atom is -0.382 e. The normalized spacial score (nSPS) is 10.6. The van der Waals surface area contributed by atoms with Gasteiger partial charge in [-0.1, -0.05) is 11.3 Å².